The molecule has 0 fully saturated rings. The Labute approximate surface area is 179 Å². The van der Waals surface area contributed by atoms with Crippen LogP contribution in [0.15, 0.2) is 60.7 Å². The van der Waals surface area contributed by atoms with Crippen LogP contribution in [-0.2, 0) is 0 Å². The van der Waals surface area contributed by atoms with Crippen molar-refractivity contribution in [1.82, 2.24) is 0 Å². The van der Waals surface area contributed by atoms with Gasteiger partial charge in [-0.25, -0.2) is 9.59 Å². The molecular formula is C20H14N4O8. The van der Waals surface area contributed by atoms with Crippen molar-refractivity contribution in [2.75, 3.05) is 10.6 Å². The Bertz CT molecular complexity index is 1160. The zero-order valence-corrected chi connectivity index (χ0v) is 16.0. The summed E-state index contributed by atoms with van der Waals surface area (Å²) in [5.41, 5.74) is -0.998. The summed E-state index contributed by atoms with van der Waals surface area (Å²) >= 11 is 0. The van der Waals surface area contributed by atoms with Crippen LogP contribution in [0, 0.1) is 20.2 Å². The standard InChI is InChI=1S/C20H14N4O8/c25-19(26)15-10-18(22-12-4-2-6-14(8-12)24(31)32)16(20(27)28)9-17(15)21-11-3-1-5-13(7-11)23(29)30/h1-10,21-22H,(H,25,26)(H,27,28). The quantitative estimate of drug-likeness (QED) is 0.290. The first kappa shape index (κ1) is 21.7. The van der Waals surface area contributed by atoms with E-state index in [1.807, 2.05) is 0 Å². The Kier molecular flexibility index (Phi) is 5.96. The molecule has 0 aromatic heterocycles. The van der Waals surface area contributed by atoms with Crippen LogP contribution in [0.2, 0.25) is 0 Å². The summed E-state index contributed by atoms with van der Waals surface area (Å²) in [7, 11) is 0. The molecule has 3 aromatic rings. The first-order valence-electron chi connectivity index (χ1n) is 8.83. The van der Waals surface area contributed by atoms with E-state index >= 15 is 0 Å². The third-order valence-corrected chi connectivity index (χ3v) is 4.29. The Hall–Kier alpha value is -5.00. The molecule has 0 unspecified atom stereocenters. The van der Waals surface area contributed by atoms with Gasteiger partial charge in [0, 0.05) is 35.6 Å². The van der Waals surface area contributed by atoms with Crippen molar-refractivity contribution in [3.63, 3.8) is 0 Å². The summed E-state index contributed by atoms with van der Waals surface area (Å²) < 4.78 is 0. The highest BCUT2D eigenvalue weighted by Gasteiger charge is 2.20. The van der Waals surface area contributed by atoms with Gasteiger partial charge in [-0.2, -0.15) is 0 Å². The molecule has 0 heterocycles. The molecule has 0 amide bonds. The Balaban J connectivity index is 2.06. The second kappa shape index (κ2) is 8.79. The van der Waals surface area contributed by atoms with Crippen LogP contribution in [0.4, 0.5) is 34.1 Å². The number of carbonyl (C=O) groups is 2. The highest BCUT2D eigenvalue weighted by atomic mass is 16.6. The molecule has 32 heavy (non-hydrogen) atoms. The van der Waals surface area contributed by atoms with Gasteiger partial charge < -0.3 is 20.8 Å². The van der Waals surface area contributed by atoms with E-state index in [4.69, 9.17) is 0 Å². The van der Waals surface area contributed by atoms with Crippen molar-refractivity contribution in [1.29, 1.82) is 0 Å². The van der Waals surface area contributed by atoms with E-state index < -0.39 is 21.8 Å². The molecule has 0 bridgehead atoms. The van der Waals surface area contributed by atoms with Crippen LogP contribution in [0.3, 0.4) is 0 Å². The molecule has 0 aliphatic heterocycles. The van der Waals surface area contributed by atoms with E-state index in [9.17, 15) is 40.0 Å². The topological polar surface area (TPSA) is 185 Å². The average molecular weight is 438 g/mol. The fourth-order valence-electron chi connectivity index (χ4n) is 2.87. The van der Waals surface area contributed by atoms with E-state index in [2.05, 4.69) is 10.6 Å². The van der Waals surface area contributed by atoms with Crippen molar-refractivity contribution in [3.05, 3.63) is 92.0 Å². The summed E-state index contributed by atoms with van der Waals surface area (Å²) in [6.07, 6.45) is 0. The Morgan fingerprint density at radius 1 is 0.688 bits per heavy atom. The minimum Gasteiger partial charge on any atom is -0.478 e. The molecule has 0 saturated heterocycles. The number of nitrogens with zero attached hydrogens (tertiary/aromatic N) is 2. The lowest BCUT2D eigenvalue weighted by atomic mass is 10.0. The Morgan fingerprint density at radius 2 is 1.06 bits per heavy atom. The second-order valence-electron chi connectivity index (χ2n) is 6.42. The molecule has 162 valence electrons. The van der Waals surface area contributed by atoms with Crippen LogP contribution in [0.5, 0.6) is 0 Å². The summed E-state index contributed by atoms with van der Waals surface area (Å²) in [6.45, 7) is 0. The fourth-order valence-corrected chi connectivity index (χ4v) is 2.87. The second-order valence-corrected chi connectivity index (χ2v) is 6.42. The van der Waals surface area contributed by atoms with Crippen LogP contribution >= 0.6 is 0 Å². The molecule has 12 nitrogen and oxygen atoms in total. The van der Waals surface area contributed by atoms with Crippen LogP contribution in [0.25, 0.3) is 0 Å². The lowest BCUT2D eigenvalue weighted by molar-refractivity contribution is -0.385. The van der Waals surface area contributed by atoms with Gasteiger partial charge >= 0.3 is 11.9 Å². The zero-order chi connectivity index (χ0) is 23.4. The van der Waals surface area contributed by atoms with Crippen molar-refractivity contribution in [2.24, 2.45) is 0 Å². The fraction of sp³-hybridized carbons (Fsp3) is 0. The van der Waals surface area contributed by atoms with Crippen LogP contribution < -0.4 is 10.6 Å². The van der Waals surface area contributed by atoms with Gasteiger partial charge in [0.15, 0.2) is 0 Å². The predicted molar refractivity (Wildman–Crippen MR) is 113 cm³/mol. The minimum atomic E-state index is -1.39. The number of non-ortho nitro benzene ring substituents is 2. The van der Waals surface area contributed by atoms with Crippen LogP contribution in [0.1, 0.15) is 20.7 Å². The third-order valence-electron chi connectivity index (χ3n) is 4.29. The molecule has 0 saturated carbocycles. The number of hydrogen-bond donors (Lipinski definition) is 4. The van der Waals surface area contributed by atoms with Gasteiger partial charge in [0.05, 0.1) is 32.3 Å². The number of rotatable bonds is 8. The normalized spacial score (nSPS) is 10.2. The maximum atomic E-state index is 11.8. The van der Waals surface area contributed by atoms with E-state index in [-0.39, 0.29) is 45.3 Å². The van der Waals surface area contributed by atoms with Gasteiger partial charge in [0.25, 0.3) is 11.4 Å². The van der Waals surface area contributed by atoms with Gasteiger partial charge in [-0.1, -0.05) is 12.1 Å². The molecule has 0 aliphatic rings. The lowest BCUT2D eigenvalue weighted by Gasteiger charge is -2.15. The maximum absolute atomic E-state index is 11.8. The van der Waals surface area contributed by atoms with E-state index in [1.165, 1.54) is 48.5 Å². The first-order chi connectivity index (χ1) is 15.2. The van der Waals surface area contributed by atoms with Crippen molar-refractivity contribution in [3.8, 4) is 0 Å². The number of nitro groups is 2. The van der Waals surface area contributed by atoms with Gasteiger partial charge in [0.2, 0.25) is 0 Å². The summed E-state index contributed by atoms with van der Waals surface area (Å²) in [5.74, 6) is -2.78. The maximum Gasteiger partial charge on any atom is 0.337 e. The largest absolute Gasteiger partial charge is 0.478 e. The molecular weight excluding hydrogens is 424 g/mol. The van der Waals surface area contributed by atoms with Gasteiger partial charge in [-0.15, -0.1) is 0 Å². The highest BCUT2D eigenvalue weighted by Crippen LogP contribution is 2.32. The summed E-state index contributed by atoms with van der Waals surface area (Å²) in [4.78, 5) is 44.3. The van der Waals surface area contributed by atoms with E-state index in [0.717, 1.165) is 12.1 Å². The number of aromatic carboxylic acids is 2. The number of hydrogen-bond acceptors (Lipinski definition) is 8. The number of anilines is 4. The molecule has 0 aliphatic carbocycles. The highest BCUT2D eigenvalue weighted by molar-refractivity contribution is 6.03. The number of nitrogens with one attached hydrogen (secondary N) is 2. The number of nitro benzene ring substituents is 2. The predicted octanol–water partition coefficient (Wildman–Crippen LogP) is 4.39. The molecule has 0 radical (unpaired) electrons. The third kappa shape index (κ3) is 4.76. The molecule has 3 rings (SSSR count). The number of carboxylic acids is 2. The van der Waals surface area contributed by atoms with Crippen molar-refractivity contribution in [2.45, 2.75) is 0 Å². The molecule has 4 N–H and O–H groups in total. The summed E-state index contributed by atoms with van der Waals surface area (Å²) in [6, 6.07) is 12.6. The van der Waals surface area contributed by atoms with Crippen molar-refractivity contribution >= 4 is 46.1 Å². The average Bonchev–Trinajstić information content (AvgIpc) is 2.74. The molecule has 0 spiro atoms. The number of carboxylic acid groups (broad SMARTS) is 2. The SMILES string of the molecule is O=C(O)c1cc(Nc2cccc([N+](=O)[O-])c2)c(C(=O)O)cc1Nc1cccc([N+](=O)[O-])c1. The Morgan fingerprint density at radius 3 is 1.38 bits per heavy atom. The van der Waals surface area contributed by atoms with Crippen LogP contribution in [-0.4, -0.2) is 32.0 Å². The van der Waals surface area contributed by atoms with Gasteiger partial charge in [-0.05, 0) is 24.3 Å². The smallest absolute Gasteiger partial charge is 0.337 e. The molecule has 0 atom stereocenters. The summed E-state index contributed by atoms with van der Waals surface area (Å²) in [5, 5.41) is 46.5. The minimum absolute atomic E-state index is 0.111. The molecule has 3 aromatic carbocycles. The molecule has 12 heteroatoms. The van der Waals surface area contributed by atoms with Gasteiger partial charge in [0.1, 0.15) is 0 Å². The zero-order valence-electron chi connectivity index (χ0n) is 16.0. The van der Waals surface area contributed by atoms with Gasteiger partial charge in [-0.3, -0.25) is 20.2 Å². The first-order valence-corrected chi connectivity index (χ1v) is 8.83. The lowest BCUT2D eigenvalue weighted by Crippen LogP contribution is -2.09. The van der Waals surface area contributed by atoms with E-state index in [0.29, 0.717) is 0 Å². The van der Waals surface area contributed by atoms with Crippen molar-refractivity contribution < 1.29 is 29.6 Å². The van der Waals surface area contributed by atoms with E-state index in [1.54, 1.807) is 0 Å². The number of benzene rings is 3. The monoisotopic (exact) mass is 438 g/mol.